The SMILES string of the molecule is CCCC1CCN(CCC(=O)c2ccccc2Cl)C1. The first-order valence-corrected chi connectivity index (χ1v) is 7.58. The van der Waals surface area contributed by atoms with E-state index in [2.05, 4.69) is 11.8 Å². The molecule has 0 amide bonds. The molecule has 0 aromatic heterocycles. The van der Waals surface area contributed by atoms with Gasteiger partial charge in [0.25, 0.3) is 0 Å². The highest BCUT2D eigenvalue weighted by Crippen LogP contribution is 2.22. The summed E-state index contributed by atoms with van der Waals surface area (Å²) in [5.41, 5.74) is 0.661. The van der Waals surface area contributed by atoms with Gasteiger partial charge in [0.1, 0.15) is 0 Å². The number of carbonyl (C=O) groups excluding carboxylic acids is 1. The zero-order valence-electron chi connectivity index (χ0n) is 11.6. The fourth-order valence-corrected chi connectivity index (χ4v) is 3.08. The van der Waals surface area contributed by atoms with Crippen LogP contribution in [0.3, 0.4) is 0 Å². The summed E-state index contributed by atoms with van der Waals surface area (Å²) >= 11 is 6.04. The molecule has 1 aliphatic rings. The van der Waals surface area contributed by atoms with Crippen LogP contribution in [0.5, 0.6) is 0 Å². The van der Waals surface area contributed by atoms with E-state index in [0.717, 1.165) is 25.6 Å². The van der Waals surface area contributed by atoms with Crippen LogP contribution in [0.25, 0.3) is 0 Å². The molecule has 1 fully saturated rings. The summed E-state index contributed by atoms with van der Waals surface area (Å²) in [4.78, 5) is 14.5. The van der Waals surface area contributed by atoms with Gasteiger partial charge in [0.15, 0.2) is 5.78 Å². The number of likely N-dealkylation sites (tertiary alicyclic amines) is 1. The predicted octanol–water partition coefficient (Wildman–Crippen LogP) is 4.03. The maximum Gasteiger partial charge on any atom is 0.165 e. The van der Waals surface area contributed by atoms with Crippen LogP contribution < -0.4 is 0 Å². The van der Waals surface area contributed by atoms with E-state index in [4.69, 9.17) is 11.6 Å². The van der Waals surface area contributed by atoms with Gasteiger partial charge in [-0.3, -0.25) is 4.79 Å². The molecule has 0 spiro atoms. The van der Waals surface area contributed by atoms with Crippen LogP contribution >= 0.6 is 11.6 Å². The Morgan fingerprint density at radius 1 is 1.42 bits per heavy atom. The van der Waals surface area contributed by atoms with Crippen molar-refractivity contribution in [1.82, 2.24) is 4.90 Å². The van der Waals surface area contributed by atoms with Gasteiger partial charge in [0.05, 0.1) is 5.02 Å². The maximum absolute atomic E-state index is 12.1. The highest BCUT2D eigenvalue weighted by atomic mass is 35.5. The molecular formula is C16H22ClNO. The zero-order chi connectivity index (χ0) is 13.7. The monoisotopic (exact) mass is 279 g/mol. The number of halogens is 1. The van der Waals surface area contributed by atoms with Crippen LogP contribution in [-0.2, 0) is 0 Å². The molecule has 1 aliphatic heterocycles. The van der Waals surface area contributed by atoms with Gasteiger partial charge in [-0.1, -0.05) is 37.1 Å². The number of rotatable bonds is 6. The average Bonchev–Trinajstić information content (AvgIpc) is 2.85. The molecule has 1 saturated heterocycles. The molecular weight excluding hydrogens is 258 g/mol. The Hall–Kier alpha value is -0.860. The van der Waals surface area contributed by atoms with Crippen molar-refractivity contribution >= 4 is 17.4 Å². The van der Waals surface area contributed by atoms with Crippen molar-refractivity contribution in [2.24, 2.45) is 5.92 Å². The van der Waals surface area contributed by atoms with E-state index >= 15 is 0 Å². The fraction of sp³-hybridized carbons (Fsp3) is 0.562. The minimum Gasteiger partial charge on any atom is -0.303 e. The van der Waals surface area contributed by atoms with Gasteiger partial charge in [-0.2, -0.15) is 0 Å². The summed E-state index contributed by atoms with van der Waals surface area (Å²) in [5, 5.41) is 0.567. The lowest BCUT2D eigenvalue weighted by Crippen LogP contribution is -2.24. The average molecular weight is 280 g/mol. The molecule has 2 rings (SSSR count). The van der Waals surface area contributed by atoms with Crippen LogP contribution in [0.4, 0.5) is 0 Å². The van der Waals surface area contributed by atoms with Gasteiger partial charge in [-0.15, -0.1) is 0 Å². The zero-order valence-corrected chi connectivity index (χ0v) is 12.3. The van der Waals surface area contributed by atoms with Gasteiger partial charge >= 0.3 is 0 Å². The molecule has 3 heteroatoms. The lowest BCUT2D eigenvalue weighted by Gasteiger charge is -2.15. The third-order valence-electron chi connectivity index (χ3n) is 3.90. The molecule has 2 nitrogen and oxygen atoms in total. The first-order valence-electron chi connectivity index (χ1n) is 7.20. The Morgan fingerprint density at radius 2 is 2.21 bits per heavy atom. The Bertz CT molecular complexity index is 433. The van der Waals surface area contributed by atoms with Gasteiger partial charge in [0.2, 0.25) is 0 Å². The summed E-state index contributed by atoms with van der Waals surface area (Å²) in [7, 11) is 0. The van der Waals surface area contributed by atoms with E-state index in [1.807, 2.05) is 18.2 Å². The van der Waals surface area contributed by atoms with Gasteiger partial charge < -0.3 is 4.90 Å². The summed E-state index contributed by atoms with van der Waals surface area (Å²) in [5.74, 6) is 0.991. The quantitative estimate of drug-likeness (QED) is 0.733. The second-order valence-electron chi connectivity index (χ2n) is 5.40. The highest BCUT2D eigenvalue weighted by Gasteiger charge is 2.22. The van der Waals surface area contributed by atoms with E-state index in [1.165, 1.54) is 19.3 Å². The normalized spacial score (nSPS) is 19.8. The number of hydrogen-bond acceptors (Lipinski definition) is 2. The van der Waals surface area contributed by atoms with Crippen LogP contribution in [0.2, 0.25) is 5.02 Å². The molecule has 1 heterocycles. The molecule has 1 unspecified atom stereocenters. The lowest BCUT2D eigenvalue weighted by atomic mass is 10.0. The molecule has 0 aliphatic carbocycles. The Balaban J connectivity index is 1.80. The highest BCUT2D eigenvalue weighted by molar-refractivity contribution is 6.33. The van der Waals surface area contributed by atoms with E-state index in [9.17, 15) is 4.79 Å². The molecule has 1 aromatic rings. The molecule has 104 valence electrons. The van der Waals surface area contributed by atoms with Crippen molar-refractivity contribution < 1.29 is 4.79 Å². The van der Waals surface area contributed by atoms with Crippen molar-refractivity contribution in [3.63, 3.8) is 0 Å². The molecule has 19 heavy (non-hydrogen) atoms. The van der Waals surface area contributed by atoms with Crippen molar-refractivity contribution in [2.45, 2.75) is 32.6 Å². The number of benzene rings is 1. The summed E-state index contributed by atoms with van der Waals surface area (Å²) in [6.45, 7) is 5.40. The Morgan fingerprint density at radius 3 is 2.95 bits per heavy atom. The molecule has 1 atom stereocenters. The molecule has 0 N–H and O–H groups in total. The van der Waals surface area contributed by atoms with E-state index in [1.54, 1.807) is 6.07 Å². The van der Waals surface area contributed by atoms with Crippen molar-refractivity contribution in [1.29, 1.82) is 0 Å². The molecule has 1 aromatic carbocycles. The second-order valence-corrected chi connectivity index (χ2v) is 5.80. The maximum atomic E-state index is 12.1. The van der Waals surface area contributed by atoms with Crippen LogP contribution in [0.15, 0.2) is 24.3 Å². The smallest absolute Gasteiger partial charge is 0.165 e. The number of Topliss-reactive ketones (excluding diaryl/α,β-unsaturated/α-hetero) is 1. The number of hydrogen-bond donors (Lipinski definition) is 0. The van der Waals surface area contributed by atoms with Crippen LogP contribution in [0, 0.1) is 5.92 Å². The van der Waals surface area contributed by atoms with Crippen molar-refractivity contribution in [3.8, 4) is 0 Å². The Kier molecular flexibility index (Phi) is 5.41. The lowest BCUT2D eigenvalue weighted by molar-refractivity contribution is 0.0968. The minimum absolute atomic E-state index is 0.157. The second kappa shape index (κ2) is 7.06. The molecule has 0 bridgehead atoms. The third-order valence-corrected chi connectivity index (χ3v) is 4.23. The van der Waals surface area contributed by atoms with Gasteiger partial charge in [0, 0.05) is 25.1 Å². The van der Waals surface area contributed by atoms with Gasteiger partial charge in [-0.25, -0.2) is 0 Å². The van der Waals surface area contributed by atoms with E-state index < -0.39 is 0 Å². The standard InChI is InChI=1S/C16H22ClNO/c1-2-5-13-8-10-18(12-13)11-9-16(19)14-6-3-4-7-15(14)17/h3-4,6-7,13H,2,5,8-12H2,1H3. The van der Waals surface area contributed by atoms with Crippen LogP contribution in [0.1, 0.15) is 43.0 Å². The number of carbonyl (C=O) groups is 1. The van der Waals surface area contributed by atoms with E-state index in [0.29, 0.717) is 17.0 Å². The van der Waals surface area contributed by atoms with Crippen molar-refractivity contribution in [3.05, 3.63) is 34.9 Å². The van der Waals surface area contributed by atoms with Gasteiger partial charge in [-0.05, 0) is 37.4 Å². The number of ketones is 1. The number of nitrogens with zero attached hydrogens (tertiary/aromatic N) is 1. The minimum atomic E-state index is 0.157. The molecule has 0 radical (unpaired) electrons. The Labute approximate surface area is 120 Å². The first-order chi connectivity index (χ1) is 9.20. The summed E-state index contributed by atoms with van der Waals surface area (Å²) < 4.78 is 0. The summed E-state index contributed by atoms with van der Waals surface area (Å²) in [6, 6.07) is 7.32. The summed E-state index contributed by atoms with van der Waals surface area (Å²) in [6.07, 6.45) is 4.43. The first kappa shape index (κ1) is 14.5. The van der Waals surface area contributed by atoms with Crippen molar-refractivity contribution in [2.75, 3.05) is 19.6 Å². The fourth-order valence-electron chi connectivity index (χ4n) is 2.84. The topological polar surface area (TPSA) is 20.3 Å². The van der Waals surface area contributed by atoms with Crippen LogP contribution in [-0.4, -0.2) is 30.3 Å². The molecule has 0 saturated carbocycles. The van der Waals surface area contributed by atoms with E-state index in [-0.39, 0.29) is 5.78 Å². The third kappa shape index (κ3) is 4.05. The largest absolute Gasteiger partial charge is 0.303 e. The predicted molar refractivity (Wildman–Crippen MR) is 79.9 cm³/mol.